The van der Waals surface area contributed by atoms with Crippen molar-refractivity contribution in [1.82, 2.24) is 10.3 Å². The van der Waals surface area contributed by atoms with Crippen molar-refractivity contribution in [3.63, 3.8) is 0 Å². The molecule has 0 spiro atoms. The third-order valence-electron chi connectivity index (χ3n) is 4.07. The van der Waals surface area contributed by atoms with E-state index in [1.165, 1.54) is 0 Å². The highest BCUT2D eigenvalue weighted by Gasteiger charge is 2.22. The van der Waals surface area contributed by atoms with Crippen LogP contribution in [0, 0.1) is 0 Å². The maximum absolute atomic E-state index is 12.2. The van der Waals surface area contributed by atoms with Crippen LogP contribution in [0.1, 0.15) is 32.4 Å². The molecule has 1 amide bonds. The van der Waals surface area contributed by atoms with Crippen LogP contribution in [0.3, 0.4) is 0 Å². The van der Waals surface area contributed by atoms with Gasteiger partial charge in [0, 0.05) is 10.9 Å². The molecule has 0 aliphatic heterocycles. The summed E-state index contributed by atoms with van der Waals surface area (Å²) in [5.41, 5.74) is 2.75. The molecule has 0 saturated carbocycles. The number of nitrogens with zero attached hydrogens (tertiary/aromatic N) is 1. The van der Waals surface area contributed by atoms with Crippen LogP contribution in [0.5, 0.6) is 0 Å². The van der Waals surface area contributed by atoms with E-state index in [0.717, 1.165) is 27.7 Å². The number of para-hydroxylation sites is 1. The Balaban J connectivity index is 2.04. The number of aliphatic hydroxyl groups is 1. The van der Waals surface area contributed by atoms with Gasteiger partial charge in [0.2, 0.25) is 0 Å². The minimum Gasteiger partial charge on any atom is -0.444 e. The minimum atomic E-state index is -0.612. The topological polar surface area (TPSA) is 71.5 Å². The fourth-order valence-corrected chi connectivity index (χ4v) is 2.92. The molecule has 27 heavy (non-hydrogen) atoms. The normalized spacial score (nSPS) is 12.6. The Morgan fingerprint density at radius 2 is 1.78 bits per heavy atom. The van der Waals surface area contributed by atoms with Gasteiger partial charge in [0.15, 0.2) is 0 Å². The maximum atomic E-state index is 12.2. The lowest BCUT2D eigenvalue weighted by molar-refractivity contribution is 0.0482. The summed E-state index contributed by atoms with van der Waals surface area (Å²) in [7, 11) is 0. The summed E-state index contributed by atoms with van der Waals surface area (Å²) in [5, 5.41) is 13.6. The molecule has 3 aromatic rings. The Kier molecular flexibility index (Phi) is 5.42. The largest absolute Gasteiger partial charge is 0.444 e. The number of nitrogens with one attached hydrogen (secondary N) is 1. The number of aromatic nitrogens is 1. The molecule has 3 rings (SSSR count). The Bertz CT molecular complexity index is 933. The molecule has 0 saturated heterocycles. The summed E-state index contributed by atoms with van der Waals surface area (Å²) in [6, 6.07) is 18.8. The van der Waals surface area contributed by atoms with Crippen molar-refractivity contribution in [2.45, 2.75) is 32.4 Å². The first-order valence-corrected chi connectivity index (χ1v) is 8.93. The van der Waals surface area contributed by atoms with Crippen molar-refractivity contribution in [1.29, 1.82) is 0 Å². The van der Waals surface area contributed by atoms with Crippen LogP contribution in [0.2, 0.25) is 0 Å². The van der Waals surface area contributed by atoms with E-state index in [9.17, 15) is 9.90 Å². The summed E-state index contributed by atoms with van der Waals surface area (Å²) >= 11 is 0. The van der Waals surface area contributed by atoms with Gasteiger partial charge in [0.05, 0.1) is 23.9 Å². The van der Waals surface area contributed by atoms with Crippen LogP contribution in [-0.4, -0.2) is 28.4 Å². The Morgan fingerprint density at radius 3 is 2.44 bits per heavy atom. The minimum absolute atomic E-state index is 0.249. The van der Waals surface area contributed by atoms with E-state index in [1.807, 2.05) is 60.7 Å². The van der Waals surface area contributed by atoms with E-state index in [4.69, 9.17) is 9.72 Å². The number of carbonyl (C=O) groups is 1. The third-order valence-corrected chi connectivity index (χ3v) is 4.07. The lowest BCUT2D eigenvalue weighted by Gasteiger charge is -2.24. The second-order valence-electron chi connectivity index (χ2n) is 7.36. The van der Waals surface area contributed by atoms with Crippen LogP contribution in [0.15, 0.2) is 60.7 Å². The van der Waals surface area contributed by atoms with Crippen LogP contribution in [0.25, 0.3) is 22.2 Å². The van der Waals surface area contributed by atoms with Crippen molar-refractivity contribution in [3.8, 4) is 11.3 Å². The van der Waals surface area contributed by atoms with Gasteiger partial charge in [-0.15, -0.1) is 0 Å². The van der Waals surface area contributed by atoms with Gasteiger partial charge in [-0.3, -0.25) is 0 Å². The maximum Gasteiger partial charge on any atom is 0.408 e. The van der Waals surface area contributed by atoms with Gasteiger partial charge in [0.1, 0.15) is 5.60 Å². The average molecular weight is 364 g/mol. The summed E-state index contributed by atoms with van der Waals surface area (Å²) in [5.74, 6) is 0. The van der Waals surface area contributed by atoms with Crippen molar-refractivity contribution in [3.05, 3.63) is 66.2 Å². The van der Waals surface area contributed by atoms with Crippen molar-refractivity contribution in [2.24, 2.45) is 0 Å². The molecular formula is C22H24N2O3. The van der Waals surface area contributed by atoms with Gasteiger partial charge in [-0.25, -0.2) is 9.78 Å². The number of fused-ring (bicyclic) bond motifs is 1. The van der Waals surface area contributed by atoms with Gasteiger partial charge < -0.3 is 15.2 Å². The molecule has 0 bridgehead atoms. The third kappa shape index (κ3) is 4.63. The zero-order valence-corrected chi connectivity index (χ0v) is 15.8. The molecular weight excluding hydrogens is 340 g/mol. The fourth-order valence-electron chi connectivity index (χ4n) is 2.92. The van der Waals surface area contributed by atoms with Crippen molar-refractivity contribution >= 4 is 17.0 Å². The molecule has 1 heterocycles. The molecule has 0 unspecified atom stereocenters. The van der Waals surface area contributed by atoms with Gasteiger partial charge >= 0.3 is 6.09 Å². The second kappa shape index (κ2) is 7.76. The molecule has 0 aliphatic rings. The van der Waals surface area contributed by atoms with Gasteiger partial charge in [-0.05, 0) is 38.5 Å². The number of alkyl carbamates (subject to hydrolysis) is 1. The molecule has 0 radical (unpaired) electrons. The number of rotatable bonds is 4. The first-order valence-electron chi connectivity index (χ1n) is 8.93. The molecule has 5 nitrogen and oxygen atoms in total. The monoisotopic (exact) mass is 364 g/mol. The molecule has 1 atom stereocenters. The molecule has 140 valence electrons. The first kappa shape index (κ1) is 18.9. The summed E-state index contributed by atoms with van der Waals surface area (Å²) < 4.78 is 5.34. The Labute approximate surface area is 159 Å². The van der Waals surface area contributed by atoms with Gasteiger partial charge in [-0.2, -0.15) is 0 Å². The number of pyridine rings is 1. The van der Waals surface area contributed by atoms with E-state index >= 15 is 0 Å². The van der Waals surface area contributed by atoms with Crippen LogP contribution in [-0.2, 0) is 4.74 Å². The van der Waals surface area contributed by atoms with Crippen LogP contribution in [0.4, 0.5) is 4.79 Å². The molecule has 0 aliphatic carbocycles. The number of carbonyl (C=O) groups excluding carboxylic acids is 1. The highest BCUT2D eigenvalue weighted by molar-refractivity contribution is 5.86. The SMILES string of the molecule is CC(C)(C)OC(=O)N[C@@H](CO)c1cc(-c2ccccc2)nc2ccccc12. The summed E-state index contributed by atoms with van der Waals surface area (Å²) in [6.45, 7) is 5.16. The lowest BCUT2D eigenvalue weighted by atomic mass is 9.99. The number of aliphatic hydroxyl groups excluding tert-OH is 1. The average Bonchev–Trinajstić information content (AvgIpc) is 2.64. The van der Waals surface area contributed by atoms with E-state index < -0.39 is 17.7 Å². The van der Waals surface area contributed by atoms with E-state index in [-0.39, 0.29) is 6.61 Å². The molecule has 1 aromatic heterocycles. The Morgan fingerprint density at radius 1 is 1.11 bits per heavy atom. The quantitative estimate of drug-likeness (QED) is 0.717. The standard InChI is InChI=1S/C22H24N2O3/c1-22(2,3)27-21(26)24-20(14-25)17-13-19(15-9-5-4-6-10-15)23-18-12-8-7-11-16(17)18/h4-13,20,25H,14H2,1-3H3,(H,24,26)/t20-/m0/s1. The fraction of sp³-hybridized carbons (Fsp3) is 0.273. The highest BCUT2D eigenvalue weighted by atomic mass is 16.6. The van der Waals surface area contributed by atoms with E-state index in [2.05, 4.69) is 5.32 Å². The zero-order valence-electron chi connectivity index (χ0n) is 15.8. The molecule has 5 heteroatoms. The molecule has 2 N–H and O–H groups in total. The van der Waals surface area contributed by atoms with Crippen molar-refractivity contribution < 1.29 is 14.6 Å². The second-order valence-corrected chi connectivity index (χ2v) is 7.36. The molecule has 0 fully saturated rings. The van der Waals surface area contributed by atoms with Crippen LogP contribution < -0.4 is 5.32 Å². The Hall–Kier alpha value is -2.92. The predicted octanol–water partition coefficient (Wildman–Crippen LogP) is 4.46. The number of benzene rings is 2. The van der Waals surface area contributed by atoms with E-state index in [0.29, 0.717) is 0 Å². The van der Waals surface area contributed by atoms with Crippen LogP contribution >= 0.6 is 0 Å². The summed E-state index contributed by atoms with van der Waals surface area (Å²) in [4.78, 5) is 17.0. The first-order chi connectivity index (χ1) is 12.9. The smallest absolute Gasteiger partial charge is 0.408 e. The highest BCUT2D eigenvalue weighted by Crippen LogP contribution is 2.29. The lowest BCUT2D eigenvalue weighted by Crippen LogP contribution is -2.36. The van der Waals surface area contributed by atoms with Gasteiger partial charge in [0.25, 0.3) is 0 Å². The number of hydrogen-bond acceptors (Lipinski definition) is 4. The summed E-state index contributed by atoms with van der Waals surface area (Å²) in [6.07, 6.45) is -0.566. The number of ether oxygens (including phenoxy) is 1. The van der Waals surface area contributed by atoms with E-state index in [1.54, 1.807) is 20.8 Å². The molecule has 2 aromatic carbocycles. The van der Waals surface area contributed by atoms with Gasteiger partial charge in [-0.1, -0.05) is 48.5 Å². The number of amides is 1. The zero-order chi connectivity index (χ0) is 19.4. The number of hydrogen-bond donors (Lipinski definition) is 2. The van der Waals surface area contributed by atoms with Crippen molar-refractivity contribution in [2.75, 3.05) is 6.61 Å². The predicted molar refractivity (Wildman–Crippen MR) is 106 cm³/mol.